The van der Waals surface area contributed by atoms with E-state index in [4.69, 9.17) is 0 Å². The molecule has 1 aromatic heterocycles. The second-order valence-corrected chi connectivity index (χ2v) is 8.08. The fraction of sp³-hybridized carbons (Fsp3) is 0.261. The van der Waals surface area contributed by atoms with Crippen LogP contribution >= 0.6 is 0 Å². The van der Waals surface area contributed by atoms with E-state index in [1.54, 1.807) is 0 Å². The third-order valence-electron chi connectivity index (χ3n) is 5.12. The van der Waals surface area contributed by atoms with Crippen LogP contribution in [0.1, 0.15) is 26.3 Å². The molecule has 7 nitrogen and oxygen atoms in total. The van der Waals surface area contributed by atoms with Gasteiger partial charge in [-0.15, -0.1) is 0 Å². The number of halogens is 9. The van der Waals surface area contributed by atoms with Gasteiger partial charge < -0.3 is 10.2 Å². The van der Waals surface area contributed by atoms with Gasteiger partial charge in [-0.3, -0.25) is 20.4 Å². The van der Waals surface area contributed by atoms with E-state index < -0.39 is 71.4 Å². The Hall–Kier alpha value is -4.24. The molecule has 0 aliphatic heterocycles. The fourth-order valence-electron chi connectivity index (χ4n) is 3.52. The van der Waals surface area contributed by atoms with E-state index in [-0.39, 0.29) is 16.0 Å². The number of hydrogen-bond donors (Lipinski definition) is 3. The molecule has 0 fully saturated rings. The molecule has 3 aromatic rings. The number of fused-ring (bicyclic) bond motifs is 1. The number of aromatic nitrogens is 1. The Morgan fingerprint density at radius 3 is 1.95 bits per heavy atom. The van der Waals surface area contributed by atoms with Crippen molar-refractivity contribution < 1.29 is 49.1 Å². The molecule has 0 radical (unpaired) electrons. The molecular weight excluding hydrogens is 549 g/mol. The van der Waals surface area contributed by atoms with Gasteiger partial charge in [0.25, 0.3) is 11.8 Å². The molecular formula is C23H18F9N5O2. The number of nitrogens with one attached hydrogen (secondary N) is 3. The van der Waals surface area contributed by atoms with Crippen molar-refractivity contribution in [1.29, 1.82) is 0 Å². The number of amides is 2. The lowest BCUT2D eigenvalue weighted by atomic mass is 10.1. The number of nitrogens with zero attached hydrogens (tertiary/aromatic N) is 2. The SMILES string of the molecule is CNC(=O)c1cccc(C(=O)NNc2cc(C(F)(F)F)c3cc(N(CC(F)(F)F)CC(F)(F)F)ccc3n2)c1. The van der Waals surface area contributed by atoms with Gasteiger partial charge in [-0.05, 0) is 42.5 Å². The zero-order chi connectivity index (χ0) is 29.2. The summed E-state index contributed by atoms with van der Waals surface area (Å²) in [7, 11) is 1.37. The maximum atomic E-state index is 13.8. The Balaban J connectivity index is 1.95. The van der Waals surface area contributed by atoms with Gasteiger partial charge in [0, 0.05) is 29.2 Å². The molecule has 39 heavy (non-hydrogen) atoms. The Morgan fingerprint density at radius 1 is 0.821 bits per heavy atom. The van der Waals surface area contributed by atoms with Gasteiger partial charge in [0.1, 0.15) is 18.9 Å². The highest BCUT2D eigenvalue weighted by molar-refractivity contribution is 6.00. The Bertz CT molecular complexity index is 1350. The van der Waals surface area contributed by atoms with Gasteiger partial charge in [0.2, 0.25) is 0 Å². The molecule has 210 valence electrons. The average molecular weight is 567 g/mol. The number of carbonyl (C=O) groups excluding carboxylic acids is 2. The molecule has 3 N–H and O–H groups in total. The lowest BCUT2D eigenvalue weighted by Gasteiger charge is -2.27. The van der Waals surface area contributed by atoms with Crippen molar-refractivity contribution in [2.45, 2.75) is 18.5 Å². The van der Waals surface area contributed by atoms with Crippen LogP contribution in [-0.4, -0.2) is 49.3 Å². The number of benzene rings is 2. The smallest absolute Gasteiger partial charge is 0.355 e. The Labute approximate surface area is 214 Å². The van der Waals surface area contributed by atoms with Crippen molar-refractivity contribution in [2.24, 2.45) is 0 Å². The van der Waals surface area contributed by atoms with E-state index in [1.165, 1.54) is 31.3 Å². The molecule has 0 unspecified atom stereocenters. The minimum atomic E-state index is -5.10. The van der Waals surface area contributed by atoms with Crippen LogP contribution in [-0.2, 0) is 6.18 Å². The Kier molecular flexibility index (Phi) is 8.16. The molecule has 0 bridgehead atoms. The number of pyridine rings is 1. The fourth-order valence-corrected chi connectivity index (χ4v) is 3.52. The summed E-state index contributed by atoms with van der Waals surface area (Å²) in [6.45, 7) is -4.11. The number of alkyl halides is 9. The standard InChI is InChI=1S/C23H18F9N5O2/c1-33-19(38)12-3-2-4-13(7-12)20(39)36-35-18-9-16(23(30,31)32)15-8-14(5-6-17(15)34-18)37(10-21(24,25)26)11-22(27,28)29/h2-9H,10-11H2,1H3,(H,33,38)(H,34,35)(H,36,39). The van der Waals surface area contributed by atoms with Crippen LogP contribution in [0.3, 0.4) is 0 Å². The first-order chi connectivity index (χ1) is 18.0. The van der Waals surface area contributed by atoms with Crippen LogP contribution in [0.5, 0.6) is 0 Å². The van der Waals surface area contributed by atoms with Crippen molar-refractivity contribution in [2.75, 3.05) is 30.5 Å². The molecule has 2 amide bonds. The number of anilines is 2. The minimum absolute atomic E-state index is 0.0282. The van der Waals surface area contributed by atoms with Crippen molar-refractivity contribution in [3.63, 3.8) is 0 Å². The van der Waals surface area contributed by atoms with Gasteiger partial charge in [-0.1, -0.05) is 6.07 Å². The summed E-state index contributed by atoms with van der Waals surface area (Å²) in [5, 5.41) is 1.60. The second kappa shape index (κ2) is 10.9. The van der Waals surface area contributed by atoms with Crippen LogP contribution in [0, 0.1) is 0 Å². The van der Waals surface area contributed by atoms with Gasteiger partial charge in [0.05, 0.1) is 11.1 Å². The van der Waals surface area contributed by atoms with Gasteiger partial charge in [0.15, 0.2) is 0 Å². The number of carbonyl (C=O) groups is 2. The van der Waals surface area contributed by atoms with E-state index in [2.05, 4.69) is 21.2 Å². The van der Waals surface area contributed by atoms with E-state index >= 15 is 0 Å². The van der Waals surface area contributed by atoms with Gasteiger partial charge in [-0.2, -0.15) is 39.5 Å². The Morgan fingerprint density at radius 2 is 1.41 bits per heavy atom. The summed E-state index contributed by atoms with van der Waals surface area (Å²) >= 11 is 0. The summed E-state index contributed by atoms with van der Waals surface area (Å²) in [5.41, 5.74) is 1.81. The molecule has 1 heterocycles. The summed E-state index contributed by atoms with van der Waals surface area (Å²) < 4.78 is 119. The van der Waals surface area contributed by atoms with Gasteiger partial charge in [-0.25, -0.2) is 4.98 Å². The van der Waals surface area contributed by atoms with E-state index in [9.17, 15) is 49.1 Å². The van der Waals surface area contributed by atoms with Crippen LogP contribution in [0.25, 0.3) is 10.9 Å². The zero-order valence-electron chi connectivity index (χ0n) is 19.6. The second-order valence-electron chi connectivity index (χ2n) is 8.08. The van der Waals surface area contributed by atoms with E-state index in [0.29, 0.717) is 12.1 Å². The average Bonchev–Trinajstić information content (AvgIpc) is 2.83. The summed E-state index contributed by atoms with van der Waals surface area (Å²) in [6.07, 6.45) is -15.2. The monoisotopic (exact) mass is 567 g/mol. The minimum Gasteiger partial charge on any atom is -0.355 e. The predicted octanol–water partition coefficient (Wildman–Crippen LogP) is 5.30. The predicted molar refractivity (Wildman–Crippen MR) is 122 cm³/mol. The lowest BCUT2D eigenvalue weighted by Crippen LogP contribution is -2.40. The first-order valence-corrected chi connectivity index (χ1v) is 10.8. The lowest BCUT2D eigenvalue weighted by molar-refractivity contribution is -0.138. The molecule has 0 atom stereocenters. The highest BCUT2D eigenvalue weighted by Gasteiger charge is 2.38. The van der Waals surface area contributed by atoms with Crippen molar-refractivity contribution in [3.05, 3.63) is 65.2 Å². The zero-order valence-corrected chi connectivity index (χ0v) is 19.6. The summed E-state index contributed by atoms with van der Waals surface area (Å²) in [5.74, 6) is -1.87. The summed E-state index contributed by atoms with van der Waals surface area (Å²) in [6, 6.07) is 7.95. The van der Waals surface area contributed by atoms with E-state index in [0.717, 1.165) is 12.1 Å². The molecule has 0 aliphatic carbocycles. The topological polar surface area (TPSA) is 86.4 Å². The molecule has 0 saturated heterocycles. The number of hydrazine groups is 1. The molecule has 0 spiro atoms. The normalized spacial score (nSPS) is 12.3. The number of rotatable bonds is 7. The van der Waals surface area contributed by atoms with Crippen LogP contribution < -0.4 is 21.1 Å². The molecule has 0 aliphatic rings. The van der Waals surface area contributed by atoms with Gasteiger partial charge >= 0.3 is 18.5 Å². The van der Waals surface area contributed by atoms with Crippen molar-refractivity contribution in [3.8, 4) is 0 Å². The highest BCUT2D eigenvalue weighted by atomic mass is 19.4. The highest BCUT2D eigenvalue weighted by Crippen LogP contribution is 2.38. The quantitative estimate of drug-likeness (QED) is 0.267. The number of hydrogen-bond acceptors (Lipinski definition) is 5. The third kappa shape index (κ3) is 7.87. The molecule has 3 rings (SSSR count). The first-order valence-electron chi connectivity index (χ1n) is 10.8. The van der Waals surface area contributed by atoms with Crippen molar-refractivity contribution >= 4 is 34.2 Å². The van der Waals surface area contributed by atoms with Crippen molar-refractivity contribution in [1.82, 2.24) is 15.7 Å². The largest absolute Gasteiger partial charge is 0.417 e. The summed E-state index contributed by atoms with van der Waals surface area (Å²) in [4.78, 5) is 27.9. The maximum Gasteiger partial charge on any atom is 0.417 e. The van der Waals surface area contributed by atoms with Crippen LogP contribution in [0.2, 0.25) is 0 Å². The van der Waals surface area contributed by atoms with Crippen LogP contribution in [0.4, 0.5) is 51.0 Å². The third-order valence-corrected chi connectivity index (χ3v) is 5.12. The van der Waals surface area contributed by atoms with Crippen LogP contribution in [0.15, 0.2) is 48.5 Å². The molecule has 0 saturated carbocycles. The maximum absolute atomic E-state index is 13.8. The molecule has 16 heteroatoms. The molecule has 2 aromatic carbocycles. The first kappa shape index (κ1) is 29.3. The van der Waals surface area contributed by atoms with E-state index in [1.807, 2.05) is 0 Å².